The number of carboxylic acids is 1. The lowest BCUT2D eigenvalue weighted by Crippen LogP contribution is -2.03. The summed E-state index contributed by atoms with van der Waals surface area (Å²) in [5.74, 6) is 0.671. The number of hydrogen-bond acceptors (Lipinski definition) is 1. The van der Waals surface area contributed by atoms with Crippen LogP contribution < -0.4 is 0 Å². The fourth-order valence-corrected chi connectivity index (χ4v) is 2.39. The van der Waals surface area contributed by atoms with Gasteiger partial charge in [0.25, 0.3) is 0 Å². The van der Waals surface area contributed by atoms with Crippen LogP contribution in [0, 0.1) is 23.2 Å². The molecule has 2 aliphatic rings. The van der Waals surface area contributed by atoms with Crippen LogP contribution in [0.25, 0.3) is 0 Å². The van der Waals surface area contributed by atoms with Gasteiger partial charge in [0, 0.05) is 0 Å². The molecule has 2 fully saturated rings. The molecule has 2 saturated carbocycles. The Balaban J connectivity index is 1.94. The second-order valence-corrected chi connectivity index (χ2v) is 4.92. The van der Waals surface area contributed by atoms with E-state index >= 15 is 0 Å². The van der Waals surface area contributed by atoms with Gasteiger partial charge < -0.3 is 5.11 Å². The number of rotatable bonds is 3. The molecule has 2 nitrogen and oxygen atoms in total. The number of carboxylic acid groups (broad SMARTS) is 1. The van der Waals surface area contributed by atoms with Gasteiger partial charge in [0.1, 0.15) is 0 Å². The first-order valence-electron chi connectivity index (χ1n) is 4.76. The zero-order chi connectivity index (χ0) is 8.93. The molecule has 68 valence electrons. The summed E-state index contributed by atoms with van der Waals surface area (Å²) in [5.41, 5.74) is 0.0778. The Morgan fingerprint density at radius 3 is 2.42 bits per heavy atom. The van der Waals surface area contributed by atoms with E-state index in [2.05, 4.69) is 13.8 Å². The molecular formula is C10H16O2. The van der Waals surface area contributed by atoms with Crippen LogP contribution in [-0.2, 0) is 4.79 Å². The minimum absolute atomic E-state index is 0.0573. The molecule has 0 aliphatic heterocycles. The van der Waals surface area contributed by atoms with E-state index in [0.717, 1.165) is 12.3 Å². The highest BCUT2D eigenvalue weighted by Gasteiger charge is 2.62. The molecule has 0 amide bonds. The zero-order valence-electron chi connectivity index (χ0n) is 7.71. The van der Waals surface area contributed by atoms with E-state index in [4.69, 9.17) is 5.11 Å². The van der Waals surface area contributed by atoms with Gasteiger partial charge in [-0.1, -0.05) is 26.7 Å². The highest BCUT2D eigenvalue weighted by molar-refractivity contribution is 5.75. The van der Waals surface area contributed by atoms with Gasteiger partial charge in [-0.05, 0) is 23.7 Å². The average Bonchev–Trinajstić information content (AvgIpc) is 2.75. The van der Waals surface area contributed by atoms with Gasteiger partial charge in [0.05, 0.1) is 5.92 Å². The Hall–Kier alpha value is -0.530. The largest absolute Gasteiger partial charge is 0.481 e. The monoisotopic (exact) mass is 168 g/mol. The second kappa shape index (κ2) is 2.24. The lowest BCUT2D eigenvalue weighted by Gasteiger charge is -1.99. The van der Waals surface area contributed by atoms with Gasteiger partial charge >= 0.3 is 5.97 Å². The summed E-state index contributed by atoms with van der Waals surface area (Å²) >= 11 is 0. The van der Waals surface area contributed by atoms with E-state index in [9.17, 15) is 4.79 Å². The Kier molecular flexibility index (Phi) is 1.51. The average molecular weight is 168 g/mol. The Labute approximate surface area is 73.0 Å². The predicted octanol–water partition coefficient (Wildman–Crippen LogP) is 2.14. The molecule has 0 radical (unpaired) electrons. The molecule has 0 aromatic carbocycles. The van der Waals surface area contributed by atoms with E-state index in [-0.39, 0.29) is 11.3 Å². The van der Waals surface area contributed by atoms with Crippen LogP contribution in [0.5, 0.6) is 0 Å². The van der Waals surface area contributed by atoms with Crippen molar-refractivity contribution >= 4 is 5.97 Å². The van der Waals surface area contributed by atoms with E-state index in [1.54, 1.807) is 0 Å². The Morgan fingerprint density at radius 1 is 1.50 bits per heavy atom. The molecule has 0 heterocycles. The number of aliphatic carboxylic acids is 1. The fraction of sp³-hybridized carbons (Fsp3) is 0.900. The van der Waals surface area contributed by atoms with Gasteiger partial charge in [0.2, 0.25) is 0 Å². The normalized spacial score (nSPS) is 37.8. The summed E-state index contributed by atoms with van der Waals surface area (Å²) in [4.78, 5) is 10.8. The molecule has 0 bridgehead atoms. The first-order chi connectivity index (χ1) is 5.53. The quantitative estimate of drug-likeness (QED) is 0.701. The second-order valence-electron chi connectivity index (χ2n) is 4.92. The molecule has 2 rings (SSSR count). The van der Waals surface area contributed by atoms with E-state index in [1.807, 2.05) is 0 Å². The summed E-state index contributed by atoms with van der Waals surface area (Å²) in [5, 5.41) is 8.89. The van der Waals surface area contributed by atoms with Crippen molar-refractivity contribution in [2.24, 2.45) is 23.2 Å². The molecule has 0 spiro atoms. The third-order valence-electron chi connectivity index (χ3n) is 3.60. The Bertz CT molecular complexity index is 216. The van der Waals surface area contributed by atoms with Crippen molar-refractivity contribution < 1.29 is 9.90 Å². The molecule has 2 atom stereocenters. The highest BCUT2D eigenvalue weighted by atomic mass is 16.4. The van der Waals surface area contributed by atoms with Crippen LogP contribution in [-0.4, -0.2) is 11.1 Å². The topological polar surface area (TPSA) is 37.3 Å². The standard InChI is InChI=1S/C10H16O2/c1-10(2)7(5-6-3-4-6)8(10)9(11)12/h6-8H,3-5H2,1-2H3,(H,11,12). The van der Waals surface area contributed by atoms with Crippen LogP contribution >= 0.6 is 0 Å². The SMILES string of the molecule is CC1(C)C(CC2CC2)C1C(=O)O. The lowest BCUT2D eigenvalue weighted by molar-refractivity contribution is -0.139. The van der Waals surface area contributed by atoms with Crippen molar-refractivity contribution in [3.63, 3.8) is 0 Å². The maximum absolute atomic E-state index is 10.8. The minimum Gasteiger partial charge on any atom is -0.481 e. The third kappa shape index (κ3) is 1.13. The van der Waals surface area contributed by atoms with Gasteiger partial charge in [-0.3, -0.25) is 4.79 Å². The van der Waals surface area contributed by atoms with Crippen molar-refractivity contribution in [1.29, 1.82) is 0 Å². The molecule has 0 aromatic rings. The first-order valence-corrected chi connectivity index (χ1v) is 4.76. The van der Waals surface area contributed by atoms with E-state index in [0.29, 0.717) is 5.92 Å². The summed E-state index contributed by atoms with van der Waals surface area (Å²) in [6.07, 6.45) is 3.82. The molecule has 2 heteroatoms. The molecule has 2 aliphatic carbocycles. The fourth-order valence-electron chi connectivity index (χ4n) is 2.39. The van der Waals surface area contributed by atoms with Crippen LogP contribution in [0.4, 0.5) is 0 Å². The molecular weight excluding hydrogens is 152 g/mol. The van der Waals surface area contributed by atoms with Crippen molar-refractivity contribution in [3.05, 3.63) is 0 Å². The minimum atomic E-state index is -0.592. The van der Waals surface area contributed by atoms with Crippen LogP contribution in [0.15, 0.2) is 0 Å². The molecule has 2 unspecified atom stereocenters. The summed E-state index contributed by atoms with van der Waals surface area (Å²) in [6, 6.07) is 0. The first kappa shape index (κ1) is 8.09. The van der Waals surface area contributed by atoms with Crippen molar-refractivity contribution in [1.82, 2.24) is 0 Å². The summed E-state index contributed by atoms with van der Waals surface area (Å²) < 4.78 is 0. The van der Waals surface area contributed by atoms with Crippen molar-refractivity contribution in [2.75, 3.05) is 0 Å². The molecule has 0 aromatic heterocycles. The smallest absolute Gasteiger partial charge is 0.307 e. The van der Waals surface area contributed by atoms with Gasteiger partial charge in [0.15, 0.2) is 0 Å². The summed E-state index contributed by atoms with van der Waals surface area (Å²) in [7, 11) is 0. The molecule has 1 N–H and O–H groups in total. The predicted molar refractivity (Wildman–Crippen MR) is 45.7 cm³/mol. The van der Waals surface area contributed by atoms with Crippen molar-refractivity contribution in [3.8, 4) is 0 Å². The van der Waals surface area contributed by atoms with Gasteiger partial charge in [-0.15, -0.1) is 0 Å². The highest BCUT2D eigenvalue weighted by Crippen LogP contribution is 2.62. The van der Waals surface area contributed by atoms with Gasteiger partial charge in [-0.2, -0.15) is 0 Å². The molecule has 12 heavy (non-hydrogen) atoms. The maximum atomic E-state index is 10.8. The van der Waals surface area contributed by atoms with E-state index in [1.165, 1.54) is 12.8 Å². The maximum Gasteiger partial charge on any atom is 0.307 e. The van der Waals surface area contributed by atoms with Crippen molar-refractivity contribution in [2.45, 2.75) is 33.1 Å². The third-order valence-corrected chi connectivity index (χ3v) is 3.60. The summed E-state index contributed by atoms with van der Waals surface area (Å²) in [6.45, 7) is 4.16. The van der Waals surface area contributed by atoms with E-state index < -0.39 is 5.97 Å². The number of carbonyl (C=O) groups is 1. The molecule has 0 saturated heterocycles. The van der Waals surface area contributed by atoms with Crippen LogP contribution in [0.1, 0.15) is 33.1 Å². The lowest BCUT2D eigenvalue weighted by atomic mass is 10.1. The zero-order valence-corrected chi connectivity index (χ0v) is 7.71. The number of hydrogen-bond donors (Lipinski definition) is 1. The van der Waals surface area contributed by atoms with Crippen LogP contribution in [0.3, 0.4) is 0 Å². The van der Waals surface area contributed by atoms with Crippen LogP contribution in [0.2, 0.25) is 0 Å². The van der Waals surface area contributed by atoms with Gasteiger partial charge in [-0.25, -0.2) is 0 Å². The Morgan fingerprint density at radius 2 is 2.08 bits per heavy atom.